The second-order valence-electron chi connectivity index (χ2n) is 9.90. The van der Waals surface area contributed by atoms with Crippen LogP contribution in [0.15, 0.2) is 66.7 Å². The zero-order chi connectivity index (χ0) is 24.4. The van der Waals surface area contributed by atoms with Gasteiger partial charge >= 0.3 is 0 Å². The molecule has 0 aliphatic heterocycles. The van der Waals surface area contributed by atoms with Crippen molar-refractivity contribution in [3.05, 3.63) is 112 Å². The lowest BCUT2D eigenvalue weighted by molar-refractivity contribution is 0.316. The molecule has 0 aromatic heterocycles. The molecule has 3 aromatic carbocycles. The van der Waals surface area contributed by atoms with E-state index in [2.05, 4.69) is 75.4 Å². The Bertz CT molecular complexity index is 1020. The summed E-state index contributed by atoms with van der Waals surface area (Å²) >= 11 is 13.1. The SMILES string of the molecule is [CH2]CCC(CCCCc1ccc(C)cc1)(CCCCc1cccc(C)c1)c1ccc(Cl)cc1Cl. The average molecular weight is 495 g/mol. The molecule has 0 saturated heterocycles. The maximum absolute atomic E-state index is 6.79. The van der Waals surface area contributed by atoms with Gasteiger partial charge in [-0.25, -0.2) is 0 Å². The van der Waals surface area contributed by atoms with Crippen LogP contribution in [0.2, 0.25) is 10.0 Å². The van der Waals surface area contributed by atoms with Crippen molar-refractivity contribution in [2.75, 3.05) is 0 Å². The van der Waals surface area contributed by atoms with Gasteiger partial charge in [-0.1, -0.05) is 115 Å². The van der Waals surface area contributed by atoms with Crippen molar-refractivity contribution in [3.8, 4) is 0 Å². The summed E-state index contributed by atoms with van der Waals surface area (Å²) in [7, 11) is 0. The van der Waals surface area contributed by atoms with Gasteiger partial charge in [0.2, 0.25) is 0 Å². The molecular formula is C32H39Cl2. The highest BCUT2D eigenvalue weighted by molar-refractivity contribution is 6.35. The first-order valence-corrected chi connectivity index (χ1v) is 13.5. The lowest BCUT2D eigenvalue weighted by atomic mass is 9.69. The second-order valence-corrected chi connectivity index (χ2v) is 10.7. The Labute approximate surface area is 217 Å². The number of aryl methyl sites for hydroxylation is 4. The van der Waals surface area contributed by atoms with Crippen molar-refractivity contribution in [2.45, 2.75) is 83.5 Å². The van der Waals surface area contributed by atoms with E-state index in [1.165, 1.54) is 53.5 Å². The van der Waals surface area contributed by atoms with Crippen molar-refractivity contribution < 1.29 is 0 Å². The molecule has 181 valence electrons. The van der Waals surface area contributed by atoms with Crippen LogP contribution in [0.3, 0.4) is 0 Å². The van der Waals surface area contributed by atoms with Crippen LogP contribution in [0.5, 0.6) is 0 Å². The Morgan fingerprint density at radius 1 is 0.676 bits per heavy atom. The zero-order valence-electron chi connectivity index (χ0n) is 20.9. The van der Waals surface area contributed by atoms with Crippen molar-refractivity contribution in [1.29, 1.82) is 0 Å². The van der Waals surface area contributed by atoms with Gasteiger partial charge in [-0.3, -0.25) is 0 Å². The van der Waals surface area contributed by atoms with E-state index in [1.54, 1.807) is 0 Å². The minimum Gasteiger partial charge on any atom is -0.0843 e. The van der Waals surface area contributed by atoms with Gasteiger partial charge in [0.25, 0.3) is 0 Å². The third-order valence-corrected chi connectivity index (χ3v) is 7.65. The van der Waals surface area contributed by atoms with Crippen LogP contribution < -0.4 is 0 Å². The van der Waals surface area contributed by atoms with E-state index in [0.29, 0.717) is 5.02 Å². The van der Waals surface area contributed by atoms with Crippen LogP contribution in [0.4, 0.5) is 0 Å². The molecule has 2 heteroatoms. The molecule has 0 aliphatic carbocycles. The fourth-order valence-corrected chi connectivity index (χ4v) is 5.85. The summed E-state index contributed by atoms with van der Waals surface area (Å²) in [5, 5.41) is 1.51. The third-order valence-electron chi connectivity index (χ3n) is 7.10. The van der Waals surface area contributed by atoms with E-state index in [0.717, 1.165) is 43.5 Å². The molecule has 0 heterocycles. The Kier molecular flexibility index (Phi) is 10.5. The molecule has 34 heavy (non-hydrogen) atoms. The monoisotopic (exact) mass is 493 g/mol. The van der Waals surface area contributed by atoms with Gasteiger partial charge in [-0.15, -0.1) is 0 Å². The van der Waals surface area contributed by atoms with E-state index in [4.69, 9.17) is 23.2 Å². The van der Waals surface area contributed by atoms with E-state index >= 15 is 0 Å². The van der Waals surface area contributed by atoms with Gasteiger partial charge in [0.05, 0.1) is 0 Å². The van der Waals surface area contributed by atoms with Gasteiger partial charge in [-0.05, 0) is 93.0 Å². The van der Waals surface area contributed by atoms with Crippen LogP contribution in [0, 0.1) is 20.8 Å². The molecule has 1 unspecified atom stereocenters. The fourth-order valence-electron chi connectivity index (χ4n) is 5.24. The molecular weight excluding hydrogens is 455 g/mol. The van der Waals surface area contributed by atoms with Gasteiger partial charge in [0.1, 0.15) is 0 Å². The molecule has 0 spiro atoms. The highest BCUT2D eigenvalue weighted by atomic mass is 35.5. The first-order valence-electron chi connectivity index (χ1n) is 12.8. The summed E-state index contributed by atoms with van der Waals surface area (Å²) in [6.45, 7) is 8.56. The molecule has 0 nitrogen and oxygen atoms in total. The maximum atomic E-state index is 6.79. The normalized spacial score (nSPS) is 13.1. The predicted octanol–water partition coefficient (Wildman–Crippen LogP) is 10.3. The number of hydrogen-bond acceptors (Lipinski definition) is 0. The summed E-state index contributed by atoms with van der Waals surface area (Å²) < 4.78 is 0. The second kappa shape index (κ2) is 13.4. The summed E-state index contributed by atoms with van der Waals surface area (Å²) in [4.78, 5) is 0. The molecule has 3 aromatic rings. The molecule has 0 N–H and O–H groups in total. The fraction of sp³-hybridized carbons (Fsp3) is 0.406. The molecule has 0 amide bonds. The van der Waals surface area contributed by atoms with Crippen LogP contribution >= 0.6 is 23.2 Å². The molecule has 0 fully saturated rings. The molecule has 0 saturated carbocycles. The third kappa shape index (κ3) is 7.89. The first-order chi connectivity index (χ1) is 16.4. The molecule has 1 atom stereocenters. The average Bonchev–Trinajstić information content (AvgIpc) is 2.81. The van der Waals surface area contributed by atoms with Gasteiger partial charge in [-0.2, -0.15) is 0 Å². The maximum Gasteiger partial charge on any atom is 0.0458 e. The number of unbranched alkanes of at least 4 members (excludes halogenated alkanes) is 2. The predicted molar refractivity (Wildman–Crippen MR) is 150 cm³/mol. The van der Waals surface area contributed by atoms with Crippen LogP contribution in [0.25, 0.3) is 0 Å². The minimum atomic E-state index is 0.0588. The van der Waals surface area contributed by atoms with Crippen LogP contribution in [-0.2, 0) is 18.3 Å². The summed E-state index contributed by atoms with van der Waals surface area (Å²) in [5.41, 5.74) is 6.84. The van der Waals surface area contributed by atoms with E-state index < -0.39 is 0 Å². The lowest BCUT2D eigenvalue weighted by Crippen LogP contribution is -2.27. The van der Waals surface area contributed by atoms with Crippen molar-refractivity contribution in [1.82, 2.24) is 0 Å². The van der Waals surface area contributed by atoms with E-state index in [1.807, 2.05) is 12.1 Å². The van der Waals surface area contributed by atoms with Crippen molar-refractivity contribution in [3.63, 3.8) is 0 Å². The van der Waals surface area contributed by atoms with Crippen LogP contribution in [-0.4, -0.2) is 0 Å². The van der Waals surface area contributed by atoms with Crippen molar-refractivity contribution >= 4 is 23.2 Å². The van der Waals surface area contributed by atoms with Gasteiger partial charge in [0.15, 0.2) is 0 Å². The minimum absolute atomic E-state index is 0.0588. The molecule has 3 rings (SSSR count). The zero-order valence-corrected chi connectivity index (χ0v) is 22.4. The Morgan fingerprint density at radius 3 is 1.97 bits per heavy atom. The quantitative estimate of drug-likeness (QED) is 0.207. The Morgan fingerprint density at radius 2 is 1.35 bits per heavy atom. The molecule has 0 aliphatic rings. The number of rotatable bonds is 13. The lowest BCUT2D eigenvalue weighted by Gasteiger charge is -2.36. The van der Waals surface area contributed by atoms with E-state index in [9.17, 15) is 0 Å². The number of benzene rings is 3. The van der Waals surface area contributed by atoms with Gasteiger partial charge < -0.3 is 0 Å². The summed E-state index contributed by atoms with van der Waals surface area (Å²) in [6, 6.07) is 23.9. The molecule has 0 bridgehead atoms. The molecule has 1 radical (unpaired) electrons. The highest BCUT2D eigenvalue weighted by Gasteiger charge is 2.32. The highest BCUT2D eigenvalue weighted by Crippen LogP contribution is 2.43. The Hall–Kier alpha value is -1.76. The topological polar surface area (TPSA) is 0 Å². The Balaban J connectivity index is 1.69. The number of halogens is 2. The first kappa shape index (κ1) is 26.8. The summed E-state index contributed by atoms with van der Waals surface area (Å²) in [5.74, 6) is 0. The number of hydrogen-bond donors (Lipinski definition) is 0. The standard InChI is InChI=1S/C32H39Cl2/c1-4-20-32(30-19-18-29(33)24-31(30)34,21-7-5-11-27-16-14-25(2)15-17-27)22-8-6-12-28-13-9-10-26(3)23-28/h9-10,13-19,23-24H,1,4-8,11-12,20-22H2,2-3H3. The van der Waals surface area contributed by atoms with Crippen LogP contribution in [0.1, 0.15) is 79.2 Å². The summed E-state index contributed by atoms with van der Waals surface area (Å²) in [6.07, 6.45) is 11.3. The van der Waals surface area contributed by atoms with Gasteiger partial charge in [0, 0.05) is 10.0 Å². The largest absolute Gasteiger partial charge is 0.0843 e. The smallest absolute Gasteiger partial charge is 0.0458 e. The van der Waals surface area contributed by atoms with Crippen molar-refractivity contribution in [2.24, 2.45) is 0 Å². The van der Waals surface area contributed by atoms with E-state index in [-0.39, 0.29) is 5.41 Å².